The molecule has 0 spiro atoms. The summed E-state index contributed by atoms with van der Waals surface area (Å²) < 4.78 is 26.2. The number of ether oxygens (including phenoxy) is 2. The summed E-state index contributed by atoms with van der Waals surface area (Å²) in [4.78, 5) is 4.39. The molecule has 1 aliphatic heterocycles. The first-order chi connectivity index (χ1) is 13.0. The van der Waals surface area contributed by atoms with Crippen molar-refractivity contribution in [2.24, 2.45) is 10.7 Å². The minimum Gasteiger partial charge on any atom is -0.490 e. The molecule has 2 aromatic rings. The summed E-state index contributed by atoms with van der Waals surface area (Å²) in [6.07, 6.45) is 1.42. The van der Waals surface area contributed by atoms with E-state index in [1.807, 2.05) is 18.2 Å². The molecule has 4 rings (SSSR count). The smallest absolute Gasteiger partial charge is 0.193 e. The van der Waals surface area contributed by atoms with Crippen LogP contribution >= 0.6 is 35.6 Å². The average Bonchev–Trinajstić information content (AvgIpc) is 2.85. The third kappa shape index (κ3) is 4.63. The highest BCUT2D eigenvalue weighted by molar-refractivity contribution is 14.0. The maximum atomic E-state index is 15.0. The molecule has 0 saturated heterocycles. The highest BCUT2D eigenvalue weighted by atomic mass is 127. The van der Waals surface area contributed by atoms with Gasteiger partial charge in [0.05, 0.1) is 19.3 Å². The van der Waals surface area contributed by atoms with E-state index >= 15 is 0 Å². The molecule has 0 aromatic heterocycles. The summed E-state index contributed by atoms with van der Waals surface area (Å²) in [6, 6.07) is 12.3. The standard InChI is InChI=1S/C20H21ClFN3O2.HI/c21-14-4-1-3-13(9-14)20(22)11-16(12-20)25-19(23)24-15-5-6-17-18(10-15)27-8-2-7-26-17;/h1,3-6,9-10,16H,2,7-8,11-12H2,(H3,23,24,25);1H. The number of rotatable bonds is 3. The molecule has 1 saturated carbocycles. The lowest BCUT2D eigenvalue weighted by molar-refractivity contribution is 0.0415. The lowest BCUT2D eigenvalue weighted by Crippen LogP contribution is -2.41. The van der Waals surface area contributed by atoms with Gasteiger partial charge in [0.2, 0.25) is 0 Å². The van der Waals surface area contributed by atoms with Gasteiger partial charge in [-0.3, -0.25) is 0 Å². The van der Waals surface area contributed by atoms with Gasteiger partial charge in [0.1, 0.15) is 5.67 Å². The minimum atomic E-state index is -1.39. The van der Waals surface area contributed by atoms with E-state index < -0.39 is 5.67 Å². The fraction of sp³-hybridized carbons (Fsp3) is 0.350. The van der Waals surface area contributed by atoms with Crippen LogP contribution in [0.4, 0.5) is 10.1 Å². The van der Waals surface area contributed by atoms with Gasteiger partial charge in [-0.15, -0.1) is 24.0 Å². The predicted molar refractivity (Wildman–Crippen MR) is 120 cm³/mol. The Morgan fingerprint density at radius 3 is 2.64 bits per heavy atom. The Bertz CT molecular complexity index is 874. The van der Waals surface area contributed by atoms with E-state index in [0.29, 0.717) is 29.5 Å². The van der Waals surface area contributed by atoms with Crippen LogP contribution < -0.4 is 20.5 Å². The zero-order valence-corrected chi connectivity index (χ0v) is 18.2. The second-order valence-electron chi connectivity index (χ2n) is 6.89. The average molecular weight is 518 g/mol. The van der Waals surface area contributed by atoms with Gasteiger partial charge in [0, 0.05) is 36.0 Å². The first kappa shape index (κ1) is 21.0. The van der Waals surface area contributed by atoms with Crippen molar-refractivity contribution >= 4 is 47.2 Å². The molecule has 28 heavy (non-hydrogen) atoms. The van der Waals surface area contributed by atoms with Crippen molar-refractivity contribution in [1.82, 2.24) is 0 Å². The molecule has 2 aromatic carbocycles. The molecule has 0 radical (unpaired) electrons. The van der Waals surface area contributed by atoms with Crippen LogP contribution in [0.25, 0.3) is 0 Å². The maximum Gasteiger partial charge on any atom is 0.193 e. The van der Waals surface area contributed by atoms with Crippen LogP contribution in [0.2, 0.25) is 5.02 Å². The minimum absolute atomic E-state index is 0. The molecule has 0 bridgehead atoms. The summed E-state index contributed by atoms with van der Waals surface area (Å²) in [5.41, 5.74) is 5.95. The third-order valence-electron chi connectivity index (χ3n) is 4.80. The monoisotopic (exact) mass is 517 g/mol. The van der Waals surface area contributed by atoms with Crippen LogP contribution in [0.3, 0.4) is 0 Å². The first-order valence-electron chi connectivity index (χ1n) is 8.97. The van der Waals surface area contributed by atoms with Gasteiger partial charge in [-0.25, -0.2) is 9.38 Å². The highest BCUT2D eigenvalue weighted by Crippen LogP contribution is 2.47. The number of nitrogens with one attached hydrogen (secondary N) is 1. The van der Waals surface area contributed by atoms with Gasteiger partial charge >= 0.3 is 0 Å². The number of hydrogen-bond donors (Lipinski definition) is 2. The molecule has 0 atom stereocenters. The molecule has 8 heteroatoms. The molecule has 5 nitrogen and oxygen atoms in total. The van der Waals surface area contributed by atoms with Gasteiger partial charge in [0.15, 0.2) is 17.5 Å². The van der Waals surface area contributed by atoms with Crippen LogP contribution in [0, 0.1) is 0 Å². The van der Waals surface area contributed by atoms with Gasteiger partial charge in [0.25, 0.3) is 0 Å². The normalized spacial score (nSPS) is 23.8. The number of aliphatic imine (C=N–C) groups is 1. The zero-order chi connectivity index (χ0) is 18.9. The fourth-order valence-corrected chi connectivity index (χ4v) is 3.59. The second-order valence-corrected chi connectivity index (χ2v) is 7.33. The molecule has 1 heterocycles. The molecule has 3 N–H and O–H groups in total. The summed E-state index contributed by atoms with van der Waals surface area (Å²) in [6.45, 7) is 1.26. The van der Waals surface area contributed by atoms with Crippen molar-refractivity contribution in [2.45, 2.75) is 31.0 Å². The van der Waals surface area contributed by atoms with Crippen molar-refractivity contribution in [3.05, 3.63) is 53.1 Å². The molecule has 150 valence electrons. The number of alkyl halides is 1. The van der Waals surface area contributed by atoms with Crippen LogP contribution in [-0.4, -0.2) is 25.2 Å². The molecule has 1 aliphatic carbocycles. The molecule has 2 aliphatic rings. The van der Waals surface area contributed by atoms with E-state index in [9.17, 15) is 4.39 Å². The summed E-state index contributed by atoms with van der Waals surface area (Å²) in [5, 5.41) is 3.57. The van der Waals surface area contributed by atoms with E-state index in [1.165, 1.54) is 0 Å². The summed E-state index contributed by atoms with van der Waals surface area (Å²) in [7, 11) is 0. The van der Waals surface area contributed by atoms with Crippen molar-refractivity contribution < 1.29 is 13.9 Å². The van der Waals surface area contributed by atoms with Gasteiger partial charge < -0.3 is 20.5 Å². The fourth-order valence-electron chi connectivity index (χ4n) is 3.40. The van der Waals surface area contributed by atoms with Crippen LogP contribution in [0.5, 0.6) is 11.5 Å². The van der Waals surface area contributed by atoms with Crippen LogP contribution in [0.1, 0.15) is 24.8 Å². The first-order valence-corrected chi connectivity index (χ1v) is 9.35. The number of anilines is 1. The Morgan fingerprint density at radius 1 is 1.14 bits per heavy atom. The predicted octanol–water partition coefficient (Wildman–Crippen LogP) is 4.87. The molecule has 0 unspecified atom stereocenters. The number of nitrogens with zero attached hydrogens (tertiary/aromatic N) is 1. The molecule has 0 amide bonds. The van der Waals surface area contributed by atoms with E-state index in [2.05, 4.69) is 10.3 Å². The zero-order valence-electron chi connectivity index (χ0n) is 15.2. The Hall–Kier alpha value is -1.74. The lowest BCUT2D eigenvalue weighted by atomic mass is 9.73. The van der Waals surface area contributed by atoms with E-state index in [4.69, 9.17) is 26.8 Å². The van der Waals surface area contributed by atoms with E-state index in [-0.39, 0.29) is 48.8 Å². The molecular weight excluding hydrogens is 496 g/mol. The second kappa shape index (κ2) is 8.73. The topological polar surface area (TPSA) is 68.9 Å². The lowest BCUT2D eigenvalue weighted by Gasteiger charge is -2.39. The summed E-state index contributed by atoms with van der Waals surface area (Å²) >= 11 is 5.96. The third-order valence-corrected chi connectivity index (χ3v) is 5.04. The van der Waals surface area contributed by atoms with Crippen molar-refractivity contribution in [3.63, 3.8) is 0 Å². The SMILES string of the molecule is I.NC(=NC1CC(F)(c2cccc(Cl)c2)C1)Nc1ccc2c(c1)OCCCO2. The quantitative estimate of drug-likeness (QED) is 0.346. The Labute approximate surface area is 185 Å². The number of hydrogen-bond acceptors (Lipinski definition) is 3. The van der Waals surface area contributed by atoms with Gasteiger partial charge in [-0.05, 0) is 29.8 Å². The highest BCUT2D eigenvalue weighted by Gasteiger charge is 2.46. The Balaban J connectivity index is 0.00000225. The Morgan fingerprint density at radius 2 is 1.89 bits per heavy atom. The number of halogens is 3. The van der Waals surface area contributed by atoms with Crippen molar-refractivity contribution in [3.8, 4) is 11.5 Å². The van der Waals surface area contributed by atoms with Gasteiger partial charge in [-0.2, -0.15) is 0 Å². The molecular formula is C20H22ClFIN3O2. The summed E-state index contributed by atoms with van der Waals surface area (Å²) in [5.74, 6) is 1.65. The van der Waals surface area contributed by atoms with Crippen LogP contribution in [-0.2, 0) is 5.67 Å². The number of nitrogens with two attached hydrogens (primary N) is 1. The number of benzene rings is 2. The maximum absolute atomic E-state index is 15.0. The Kier molecular flexibility index (Phi) is 6.54. The van der Waals surface area contributed by atoms with Crippen molar-refractivity contribution in [1.29, 1.82) is 0 Å². The van der Waals surface area contributed by atoms with E-state index in [0.717, 1.165) is 17.9 Å². The molecule has 1 fully saturated rings. The number of guanidine groups is 1. The van der Waals surface area contributed by atoms with Crippen LogP contribution in [0.15, 0.2) is 47.5 Å². The van der Waals surface area contributed by atoms with Crippen molar-refractivity contribution in [2.75, 3.05) is 18.5 Å². The largest absolute Gasteiger partial charge is 0.490 e. The van der Waals surface area contributed by atoms with E-state index in [1.54, 1.807) is 24.3 Å². The van der Waals surface area contributed by atoms with Gasteiger partial charge in [-0.1, -0.05) is 23.7 Å². The number of fused-ring (bicyclic) bond motifs is 1.